The summed E-state index contributed by atoms with van der Waals surface area (Å²) in [6.07, 6.45) is 0. The van der Waals surface area contributed by atoms with E-state index in [-0.39, 0.29) is 189 Å². The number of rotatable bonds is 0. The molecule has 0 aliphatic carbocycles. The van der Waals surface area contributed by atoms with E-state index >= 15 is 0 Å². The first-order chi connectivity index (χ1) is 0. The van der Waals surface area contributed by atoms with Crippen molar-refractivity contribution in [2.24, 2.45) is 0 Å². The zero-order valence-electron chi connectivity index (χ0n) is 7.90. The minimum Gasteiger partial charge on any atom is -2.00 e. The van der Waals surface area contributed by atoms with Crippen LogP contribution >= 0.6 is 0 Å². The summed E-state index contributed by atoms with van der Waals surface area (Å²) in [4.78, 5) is 0. The van der Waals surface area contributed by atoms with E-state index in [9.17, 15) is 0 Å². The minimum atomic E-state index is 0. The summed E-state index contributed by atoms with van der Waals surface area (Å²) in [7, 11) is 0. The SMILES string of the molecule is [Mo+6].[Mo+6].[Na+].[Na+].[O-2].[O-2].[O-2].[O-2].[O-2].[O-2].[O-2].[O-2].[O-2].[Zn+2].[Zn+2]. The molecule has 15 heavy (non-hydrogen) atoms. The molecule has 0 fully saturated rings. The average Bonchev–Trinajstić information content (AvgIpc) is 0. The van der Waals surface area contributed by atoms with Crippen molar-refractivity contribution in [3.8, 4) is 0 Å². The van der Waals surface area contributed by atoms with E-state index in [1.807, 2.05) is 0 Å². The fraction of sp³-hybridized carbons (Fsp3) is 0. The summed E-state index contributed by atoms with van der Waals surface area (Å²) >= 11 is 0. The van der Waals surface area contributed by atoms with Gasteiger partial charge in [0.25, 0.3) is 0 Å². The molecular formula is Mo2Na2O9Zn2. The Morgan fingerprint density at radius 1 is 0.267 bits per heavy atom. The monoisotopic (exact) mass is 514 g/mol. The Kier molecular flexibility index (Phi) is 7060. The van der Waals surface area contributed by atoms with Gasteiger partial charge < -0.3 is 49.3 Å². The van der Waals surface area contributed by atoms with Crippen LogP contribution in [0.5, 0.6) is 0 Å². The van der Waals surface area contributed by atoms with Gasteiger partial charge in [-0.05, 0) is 0 Å². The summed E-state index contributed by atoms with van der Waals surface area (Å²) in [5.74, 6) is 0. The fourth-order valence-corrected chi connectivity index (χ4v) is 0. The second-order valence-electron chi connectivity index (χ2n) is 0. The Morgan fingerprint density at radius 3 is 0.267 bits per heavy atom. The summed E-state index contributed by atoms with van der Waals surface area (Å²) in [5, 5.41) is 0. The van der Waals surface area contributed by atoms with Gasteiger partial charge in [-0.2, -0.15) is 0 Å². The molecule has 9 nitrogen and oxygen atoms in total. The van der Waals surface area contributed by atoms with E-state index in [2.05, 4.69) is 0 Å². The molecule has 0 rings (SSSR count). The predicted octanol–water partition coefficient (Wildman–Crippen LogP) is -7.07. The molecule has 0 atom stereocenters. The Labute approximate surface area is 186 Å². The molecule has 0 aromatic rings. The molecule has 0 N–H and O–H groups in total. The van der Waals surface area contributed by atoms with Crippen LogP contribution in [0.4, 0.5) is 0 Å². The molecule has 0 unspecified atom stereocenters. The van der Waals surface area contributed by atoms with Gasteiger partial charge in [-0.3, -0.25) is 0 Å². The van der Waals surface area contributed by atoms with Crippen molar-refractivity contribution in [2.45, 2.75) is 0 Å². The van der Waals surface area contributed by atoms with Crippen LogP contribution < -0.4 is 59.1 Å². The molecule has 0 aliphatic heterocycles. The molecule has 0 bridgehead atoms. The fourth-order valence-electron chi connectivity index (χ4n) is 0. The Balaban J connectivity index is 0. The van der Waals surface area contributed by atoms with Crippen molar-refractivity contribution in [2.75, 3.05) is 0 Å². The van der Waals surface area contributed by atoms with Gasteiger partial charge in [-0.15, -0.1) is 0 Å². The summed E-state index contributed by atoms with van der Waals surface area (Å²) < 4.78 is 0. The minimum absolute atomic E-state index is 0. The van der Waals surface area contributed by atoms with Crippen LogP contribution in [0, 0.1) is 0 Å². The second-order valence-corrected chi connectivity index (χ2v) is 0. The molecule has 72 valence electrons. The van der Waals surface area contributed by atoms with Crippen molar-refractivity contribution < 1.29 is 189 Å². The molecule has 0 saturated carbocycles. The van der Waals surface area contributed by atoms with Crippen LogP contribution in [0.15, 0.2) is 0 Å². The maximum absolute atomic E-state index is 0. The molecule has 0 aromatic heterocycles. The normalized spacial score (nSPS) is 0. The topological polar surface area (TPSA) is 256 Å². The molecule has 0 saturated heterocycles. The van der Waals surface area contributed by atoms with E-state index in [0.29, 0.717) is 0 Å². The second kappa shape index (κ2) is 299. The zero-order chi connectivity index (χ0) is 0. The standard InChI is InChI=1S/2Mo.2Na.9O.2Zn/q2*+6;2*+1;9*-2;2*+2. The van der Waals surface area contributed by atoms with Crippen molar-refractivity contribution in [1.82, 2.24) is 0 Å². The largest absolute Gasteiger partial charge is 6.00 e. The van der Waals surface area contributed by atoms with Gasteiger partial charge >= 0.3 is 140 Å². The molecule has 0 aromatic carbocycles. The van der Waals surface area contributed by atoms with Crippen molar-refractivity contribution in [1.29, 1.82) is 0 Å². The van der Waals surface area contributed by atoms with Crippen molar-refractivity contribution in [3.63, 3.8) is 0 Å². The quantitative estimate of drug-likeness (QED) is 0.274. The van der Waals surface area contributed by atoms with Gasteiger partial charge in [0, 0.05) is 0 Å². The van der Waals surface area contributed by atoms with E-state index in [1.165, 1.54) is 0 Å². The third-order valence-corrected chi connectivity index (χ3v) is 0. The van der Waals surface area contributed by atoms with Gasteiger partial charge in [0.05, 0.1) is 0 Å². The third kappa shape index (κ3) is 266. The van der Waals surface area contributed by atoms with Crippen LogP contribution in [0.2, 0.25) is 0 Å². The molecule has 0 heterocycles. The molecule has 0 radical (unpaired) electrons. The third-order valence-electron chi connectivity index (χ3n) is 0. The van der Waals surface area contributed by atoms with Crippen molar-refractivity contribution >= 4 is 0 Å². The smallest absolute Gasteiger partial charge is 2.00 e. The van der Waals surface area contributed by atoms with Crippen LogP contribution in [0.25, 0.3) is 0 Å². The maximum Gasteiger partial charge on any atom is 6.00 e. The van der Waals surface area contributed by atoms with Gasteiger partial charge in [-0.1, -0.05) is 0 Å². The van der Waals surface area contributed by atoms with Gasteiger partial charge in [0.1, 0.15) is 0 Å². The first-order valence-electron chi connectivity index (χ1n) is 0. The van der Waals surface area contributed by atoms with Crippen LogP contribution in [-0.4, -0.2) is 0 Å². The Bertz CT molecular complexity index is 24.1. The predicted molar refractivity (Wildman–Crippen MR) is 6.18 cm³/mol. The Hall–Kier alpha value is 4.26. The first kappa shape index (κ1) is 353. The van der Waals surface area contributed by atoms with Crippen LogP contribution in [-0.2, 0) is 130 Å². The molecule has 0 spiro atoms. The van der Waals surface area contributed by atoms with E-state index < -0.39 is 0 Å². The van der Waals surface area contributed by atoms with Gasteiger partial charge in [0.15, 0.2) is 0 Å². The molecule has 0 amide bonds. The molecule has 0 aliphatic rings. The van der Waals surface area contributed by atoms with Crippen LogP contribution in [0.3, 0.4) is 0 Å². The van der Waals surface area contributed by atoms with Gasteiger partial charge in [0.2, 0.25) is 0 Å². The van der Waals surface area contributed by atoms with E-state index in [0.717, 1.165) is 0 Å². The van der Waals surface area contributed by atoms with E-state index in [4.69, 9.17) is 0 Å². The zero-order valence-corrected chi connectivity index (χ0v) is 21.9. The van der Waals surface area contributed by atoms with Crippen molar-refractivity contribution in [3.05, 3.63) is 0 Å². The summed E-state index contributed by atoms with van der Waals surface area (Å²) in [6, 6.07) is 0. The van der Waals surface area contributed by atoms with Gasteiger partial charge in [-0.25, -0.2) is 0 Å². The maximum atomic E-state index is 0. The van der Waals surface area contributed by atoms with Crippen LogP contribution in [0.1, 0.15) is 0 Å². The molecule has 15 heteroatoms. The Morgan fingerprint density at radius 2 is 0.267 bits per heavy atom. The summed E-state index contributed by atoms with van der Waals surface area (Å²) in [5.41, 5.74) is 0. The average molecular weight is 513 g/mol. The number of hydrogen-bond acceptors (Lipinski definition) is 0. The van der Waals surface area contributed by atoms with E-state index in [1.54, 1.807) is 0 Å². The first-order valence-corrected chi connectivity index (χ1v) is 0. The number of hydrogen-bond donors (Lipinski definition) is 0. The summed E-state index contributed by atoms with van der Waals surface area (Å²) in [6.45, 7) is 0. The molecular weight excluding hydrogens is 513 g/mol.